The molecular weight excluding hydrogens is 429 g/mol. The standard InChI is InChI=1S/C11H27N2O11P3/c14-11(15)4-1-2-5-12(8-25(16,17)18)6-3-7-13(9-26(19,20)21)10-27(22,23)24/h1-10H2,(H,14,15)(H2,16,17,18)(H2,19,20,21)(H2,22,23,24). The summed E-state index contributed by atoms with van der Waals surface area (Å²) in [6.45, 7) is 0.190. The van der Waals surface area contributed by atoms with Gasteiger partial charge >= 0.3 is 28.8 Å². The average molecular weight is 456 g/mol. The molecule has 0 bridgehead atoms. The predicted molar refractivity (Wildman–Crippen MR) is 95.1 cm³/mol. The molecule has 0 fully saturated rings. The van der Waals surface area contributed by atoms with Crippen LogP contribution < -0.4 is 0 Å². The molecule has 0 saturated heterocycles. The van der Waals surface area contributed by atoms with Gasteiger partial charge < -0.3 is 34.5 Å². The Balaban J connectivity index is 4.69. The Labute approximate surface area is 156 Å². The highest BCUT2D eigenvalue weighted by Gasteiger charge is 2.26. The quantitative estimate of drug-likeness (QED) is 0.124. The first-order valence-corrected chi connectivity index (χ1v) is 13.3. The lowest BCUT2D eigenvalue weighted by atomic mass is 10.2. The van der Waals surface area contributed by atoms with Crippen molar-refractivity contribution < 1.29 is 53.0 Å². The van der Waals surface area contributed by atoms with E-state index in [-0.39, 0.29) is 32.5 Å². The molecule has 0 spiro atoms. The van der Waals surface area contributed by atoms with E-state index in [9.17, 15) is 18.5 Å². The molecule has 0 aliphatic heterocycles. The summed E-state index contributed by atoms with van der Waals surface area (Å²) >= 11 is 0. The van der Waals surface area contributed by atoms with E-state index in [1.54, 1.807) is 0 Å². The van der Waals surface area contributed by atoms with Gasteiger partial charge in [-0.2, -0.15) is 0 Å². The van der Waals surface area contributed by atoms with Crippen molar-refractivity contribution in [1.82, 2.24) is 9.80 Å². The van der Waals surface area contributed by atoms with Crippen LogP contribution in [0.25, 0.3) is 0 Å². The van der Waals surface area contributed by atoms with Gasteiger partial charge in [0.15, 0.2) is 0 Å². The van der Waals surface area contributed by atoms with Gasteiger partial charge in [-0.1, -0.05) is 0 Å². The highest BCUT2D eigenvalue weighted by atomic mass is 31.2. The number of carboxylic acid groups (broad SMARTS) is 1. The van der Waals surface area contributed by atoms with Gasteiger partial charge in [-0.15, -0.1) is 0 Å². The van der Waals surface area contributed by atoms with E-state index in [0.717, 1.165) is 4.90 Å². The molecule has 16 heteroatoms. The number of hydrogen-bond donors (Lipinski definition) is 7. The lowest BCUT2D eigenvalue weighted by Gasteiger charge is -2.26. The summed E-state index contributed by atoms with van der Waals surface area (Å²) in [4.78, 5) is 66.9. The van der Waals surface area contributed by atoms with Crippen molar-refractivity contribution in [2.24, 2.45) is 0 Å². The number of rotatable bonds is 15. The van der Waals surface area contributed by atoms with Crippen LogP contribution in [0.2, 0.25) is 0 Å². The highest BCUT2D eigenvalue weighted by molar-refractivity contribution is 7.52. The second kappa shape index (κ2) is 11.7. The van der Waals surface area contributed by atoms with Gasteiger partial charge in [0.25, 0.3) is 0 Å². The minimum Gasteiger partial charge on any atom is -0.481 e. The summed E-state index contributed by atoms with van der Waals surface area (Å²) < 4.78 is 33.4. The van der Waals surface area contributed by atoms with E-state index < -0.39 is 47.6 Å². The highest BCUT2D eigenvalue weighted by Crippen LogP contribution is 2.41. The van der Waals surface area contributed by atoms with E-state index in [0.29, 0.717) is 12.8 Å². The first-order valence-electron chi connectivity index (χ1n) is 7.88. The second-order valence-corrected chi connectivity index (χ2v) is 11.0. The summed E-state index contributed by atoms with van der Waals surface area (Å²) in [6.07, 6.45) is -1.53. The van der Waals surface area contributed by atoms with Crippen LogP contribution >= 0.6 is 22.8 Å². The van der Waals surface area contributed by atoms with E-state index in [1.165, 1.54) is 4.90 Å². The van der Waals surface area contributed by atoms with Crippen molar-refractivity contribution in [2.45, 2.75) is 25.7 Å². The minimum atomic E-state index is -4.55. The third-order valence-electron chi connectivity index (χ3n) is 3.22. The molecule has 0 aromatic heterocycles. The molecule has 0 saturated carbocycles. The molecular formula is C11H27N2O11P3. The molecule has 0 radical (unpaired) electrons. The molecule has 0 aromatic carbocycles. The minimum absolute atomic E-state index is 0.0813. The van der Waals surface area contributed by atoms with Crippen molar-refractivity contribution in [3.8, 4) is 0 Å². The number of hydrogen-bond acceptors (Lipinski definition) is 6. The first-order chi connectivity index (χ1) is 12.1. The largest absolute Gasteiger partial charge is 0.481 e. The fourth-order valence-electron chi connectivity index (χ4n) is 2.35. The Morgan fingerprint density at radius 1 is 0.630 bits per heavy atom. The van der Waals surface area contributed by atoms with Crippen LogP contribution in [-0.4, -0.2) is 88.7 Å². The van der Waals surface area contributed by atoms with Crippen molar-refractivity contribution in [2.75, 3.05) is 38.5 Å². The molecule has 27 heavy (non-hydrogen) atoms. The maximum atomic E-state index is 11.2. The molecule has 7 N–H and O–H groups in total. The van der Waals surface area contributed by atoms with E-state index in [4.69, 9.17) is 34.5 Å². The molecule has 162 valence electrons. The number of aliphatic carboxylic acids is 1. The Hall–Kier alpha value is -0.160. The molecule has 0 aliphatic carbocycles. The van der Waals surface area contributed by atoms with E-state index >= 15 is 0 Å². The van der Waals surface area contributed by atoms with E-state index in [1.807, 2.05) is 0 Å². The fourth-order valence-corrected chi connectivity index (χ4v) is 4.84. The van der Waals surface area contributed by atoms with Crippen LogP contribution in [-0.2, 0) is 18.5 Å². The van der Waals surface area contributed by atoms with Gasteiger partial charge in [-0.05, 0) is 25.8 Å². The number of carboxylic acids is 1. The van der Waals surface area contributed by atoms with Gasteiger partial charge in [-0.25, -0.2) is 0 Å². The average Bonchev–Trinajstić information content (AvgIpc) is 2.37. The maximum absolute atomic E-state index is 11.2. The lowest BCUT2D eigenvalue weighted by molar-refractivity contribution is -0.137. The smallest absolute Gasteiger partial charge is 0.339 e. The summed E-state index contributed by atoms with van der Waals surface area (Å²) in [5.74, 6) is -0.984. The van der Waals surface area contributed by atoms with Crippen LogP contribution in [0.5, 0.6) is 0 Å². The summed E-state index contributed by atoms with van der Waals surface area (Å²) in [7, 11) is -13.5. The molecule has 0 unspecified atom stereocenters. The van der Waals surface area contributed by atoms with Crippen molar-refractivity contribution in [1.29, 1.82) is 0 Å². The molecule has 0 heterocycles. The van der Waals surface area contributed by atoms with Crippen LogP contribution in [0.4, 0.5) is 0 Å². The molecule has 0 rings (SSSR count). The van der Waals surface area contributed by atoms with Gasteiger partial charge in [0, 0.05) is 19.5 Å². The zero-order valence-electron chi connectivity index (χ0n) is 14.6. The number of carbonyl (C=O) groups is 1. The van der Waals surface area contributed by atoms with Gasteiger partial charge in [-0.3, -0.25) is 28.3 Å². The molecule has 0 amide bonds. The van der Waals surface area contributed by atoms with Crippen molar-refractivity contribution >= 4 is 28.8 Å². The SMILES string of the molecule is O=C(O)CCCCN(CCCN(CP(=O)(O)O)CP(=O)(O)O)CP(=O)(O)O. The first kappa shape index (κ1) is 26.8. The third kappa shape index (κ3) is 18.9. The normalized spacial score (nSPS) is 13.5. The monoisotopic (exact) mass is 456 g/mol. The predicted octanol–water partition coefficient (Wildman–Crippen LogP) is -0.359. The lowest BCUT2D eigenvalue weighted by Crippen LogP contribution is -2.32. The van der Waals surface area contributed by atoms with Crippen LogP contribution in [0.15, 0.2) is 0 Å². The van der Waals surface area contributed by atoms with Crippen molar-refractivity contribution in [3.63, 3.8) is 0 Å². The maximum Gasteiger partial charge on any atom is 0.339 e. The summed E-state index contributed by atoms with van der Waals surface area (Å²) in [5.41, 5.74) is 0. The van der Waals surface area contributed by atoms with Crippen LogP contribution in [0, 0.1) is 0 Å². The van der Waals surface area contributed by atoms with E-state index in [2.05, 4.69) is 0 Å². The second-order valence-electron chi connectivity index (χ2n) is 6.14. The number of unbranched alkanes of at least 4 members (excludes halogenated alkanes) is 1. The molecule has 0 aromatic rings. The molecule has 0 atom stereocenters. The topological polar surface area (TPSA) is 216 Å². The van der Waals surface area contributed by atoms with Gasteiger partial charge in [0.1, 0.15) is 18.9 Å². The van der Waals surface area contributed by atoms with Crippen molar-refractivity contribution in [3.05, 3.63) is 0 Å². The third-order valence-corrected chi connectivity index (χ3v) is 5.52. The number of nitrogens with zero attached hydrogens (tertiary/aromatic N) is 2. The Morgan fingerprint density at radius 2 is 1.00 bits per heavy atom. The van der Waals surface area contributed by atoms with Crippen LogP contribution in [0.3, 0.4) is 0 Å². The van der Waals surface area contributed by atoms with Gasteiger partial charge in [0.2, 0.25) is 0 Å². The summed E-state index contributed by atoms with van der Waals surface area (Å²) in [5, 5.41) is 8.58. The summed E-state index contributed by atoms with van der Waals surface area (Å²) in [6, 6.07) is 0. The zero-order chi connectivity index (χ0) is 21.3. The van der Waals surface area contributed by atoms with Crippen LogP contribution in [0.1, 0.15) is 25.7 Å². The fraction of sp³-hybridized carbons (Fsp3) is 0.909. The molecule has 0 aliphatic rings. The Bertz CT molecular complexity index is 574. The van der Waals surface area contributed by atoms with Gasteiger partial charge in [0.05, 0.1) is 0 Å². The Morgan fingerprint density at radius 3 is 1.41 bits per heavy atom. The Kier molecular flexibility index (Phi) is 11.7. The molecule has 13 nitrogen and oxygen atoms in total. The zero-order valence-corrected chi connectivity index (χ0v) is 17.3.